The Hall–Kier alpha value is -0.620. The van der Waals surface area contributed by atoms with Crippen molar-refractivity contribution >= 4 is 31.6 Å². The minimum Gasteiger partial charge on any atom is -0.367 e. The molecule has 2 heterocycles. The maximum atomic E-state index is 11.3. The smallest absolute Gasteiger partial charge is 0.150 e. The lowest BCUT2D eigenvalue weighted by atomic mass is 10.1. The van der Waals surface area contributed by atoms with Crippen LogP contribution in [0.3, 0.4) is 0 Å². The number of aryl methyl sites for hydroxylation is 1. The zero-order chi connectivity index (χ0) is 12.5. The van der Waals surface area contributed by atoms with Crippen molar-refractivity contribution in [3.63, 3.8) is 0 Å². The van der Waals surface area contributed by atoms with Gasteiger partial charge in [0.05, 0.1) is 11.5 Å². The molecule has 6 heteroatoms. The van der Waals surface area contributed by atoms with E-state index in [4.69, 9.17) is 0 Å². The molecular weight excluding hydrogens is 304 g/mol. The van der Waals surface area contributed by atoms with Gasteiger partial charge in [0.25, 0.3) is 0 Å². The first-order valence-corrected chi connectivity index (χ1v) is 8.17. The molecule has 1 aliphatic rings. The Bertz CT molecular complexity index is 502. The third kappa shape index (κ3) is 3.42. The quantitative estimate of drug-likeness (QED) is 0.907. The first-order valence-electron chi connectivity index (χ1n) is 5.55. The van der Waals surface area contributed by atoms with Crippen molar-refractivity contribution < 1.29 is 8.42 Å². The number of hydrogen-bond acceptors (Lipinski definition) is 4. The molecule has 94 valence electrons. The molecule has 1 aliphatic heterocycles. The normalized spacial score (nSPS) is 20.1. The fourth-order valence-electron chi connectivity index (χ4n) is 1.86. The highest BCUT2D eigenvalue weighted by Gasteiger charge is 2.23. The first kappa shape index (κ1) is 12.8. The van der Waals surface area contributed by atoms with Gasteiger partial charge in [-0.3, -0.25) is 0 Å². The predicted molar refractivity (Wildman–Crippen MR) is 72.0 cm³/mol. The van der Waals surface area contributed by atoms with Crippen molar-refractivity contribution in [1.82, 2.24) is 4.98 Å². The molecule has 0 aromatic carbocycles. The van der Waals surface area contributed by atoms with E-state index in [9.17, 15) is 8.42 Å². The Labute approximate surface area is 110 Å². The molecule has 2 rings (SSSR count). The summed E-state index contributed by atoms with van der Waals surface area (Å²) in [7, 11) is -2.79. The Kier molecular flexibility index (Phi) is 3.73. The van der Waals surface area contributed by atoms with E-state index in [1.165, 1.54) is 0 Å². The van der Waals surface area contributed by atoms with Gasteiger partial charge in [-0.1, -0.05) is 0 Å². The van der Waals surface area contributed by atoms with Crippen LogP contribution in [0.25, 0.3) is 0 Å². The molecule has 1 fully saturated rings. The number of nitrogens with zero attached hydrogens (tertiary/aromatic N) is 1. The van der Waals surface area contributed by atoms with Crippen LogP contribution < -0.4 is 5.32 Å². The van der Waals surface area contributed by atoms with Crippen molar-refractivity contribution in [3.8, 4) is 0 Å². The van der Waals surface area contributed by atoms with Crippen LogP contribution in [0.5, 0.6) is 0 Å². The molecule has 0 radical (unpaired) electrons. The molecule has 1 saturated heterocycles. The van der Waals surface area contributed by atoms with Crippen LogP contribution >= 0.6 is 15.9 Å². The van der Waals surface area contributed by atoms with Crippen molar-refractivity contribution in [1.29, 1.82) is 0 Å². The Balaban J connectivity index is 2.00. The number of anilines is 1. The minimum atomic E-state index is -2.79. The Morgan fingerprint density at radius 1 is 1.41 bits per heavy atom. The third-order valence-electron chi connectivity index (χ3n) is 2.95. The van der Waals surface area contributed by atoms with Gasteiger partial charge >= 0.3 is 0 Å². The lowest BCUT2D eigenvalue weighted by molar-refractivity contribution is 0.559. The first-order chi connectivity index (χ1) is 7.96. The molecule has 0 amide bonds. The summed E-state index contributed by atoms with van der Waals surface area (Å²) in [6, 6.07) is 2.18. The largest absolute Gasteiger partial charge is 0.367 e. The van der Waals surface area contributed by atoms with Gasteiger partial charge in [-0.05, 0) is 47.3 Å². The number of sulfone groups is 1. The zero-order valence-corrected chi connectivity index (χ0v) is 12.0. The molecule has 4 nitrogen and oxygen atoms in total. The number of nitrogens with one attached hydrogen (secondary N) is 1. The van der Waals surface area contributed by atoms with E-state index in [1.54, 1.807) is 6.20 Å². The summed E-state index contributed by atoms with van der Waals surface area (Å²) in [4.78, 5) is 4.26. The average molecular weight is 319 g/mol. The van der Waals surface area contributed by atoms with Gasteiger partial charge in [0.1, 0.15) is 15.7 Å². The molecule has 1 N–H and O–H groups in total. The van der Waals surface area contributed by atoms with Crippen LogP contribution in [0.1, 0.15) is 18.4 Å². The van der Waals surface area contributed by atoms with Crippen molar-refractivity contribution in [2.24, 2.45) is 0 Å². The summed E-state index contributed by atoms with van der Waals surface area (Å²) in [5, 5.41) is 3.29. The molecule has 0 bridgehead atoms. The maximum Gasteiger partial charge on any atom is 0.150 e. The van der Waals surface area contributed by atoms with Gasteiger partial charge in [-0.2, -0.15) is 0 Å². The van der Waals surface area contributed by atoms with Crippen LogP contribution in [-0.4, -0.2) is 30.9 Å². The fourth-order valence-corrected chi connectivity index (χ4v) is 3.57. The molecule has 0 aliphatic carbocycles. The summed E-state index contributed by atoms with van der Waals surface area (Å²) in [6.45, 7) is 2.00. The molecule has 0 saturated carbocycles. The van der Waals surface area contributed by atoms with Crippen LogP contribution in [0, 0.1) is 6.92 Å². The standard InChI is InChI=1S/C11H15BrN2O2S/c1-8-6-11(13-7-10(8)12)14-9-2-4-17(15,16)5-3-9/h6-7,9H,2-5H2,1H3,(H,13,14). The highest BCUT2D eigenvalue weighted by Crippen LogP contribution is 2.20. The molecule has 17 heavy (non-hydrogen) atoms. The Morgan fingerprint density at radius 3 is 2.65 bits per heavy atom. The van der Waals surface area contributed by atoms with Crippen LogP contribution in [-0.2, 0) is 9.84 Å². The lowest BCUT2D eigenvalue weighted by Gasteiger charge is -2.23. The molecule has 0 spiro atoms. The average Bonchev–Trinajstić information content (AvgIpc) is 2.27. The molecule has 1 aromatic heterocycles. The summed E-state index contributed by atoms with van der Waals surface area (Å²) < 4.78 is 23.6. The number of halogens is 1. The van der Waals surface area contributed by atoms with E-state index in [2.05, 4.69) is 26.2 Å². The molecular formula is C11H15BrN2O2S. The van der Waals surface area contributed by atoms with Crippen molar-refractivity contribution in [2.75, 3.05) is 16.8 Å². The van der Waals surface area contributed by atoms with Crippen molar-refractivity contribution in [3.05, 3.63) is 22.3 Å². The molecule has 0 unspecified atom stereocenters. The van der Waals surface area contributed by atoms with E-state index in [0.29, 0.717) is 12.8 Å². The second-order valence-electron chi connectivity index (χ2n) is 4.39. The summed E-state index contributed by atoms with van der Waals surface area (Å²) >= 11 is 3.40. The number of aromatic nitrogens is 1. The van der Waals surface area contributed by atoms with Gasteiger partial charge in [-0.25, -0.2) is 13.4 Å². The minimum absolute atomic E-state index is 0.214. The van der Waals surface area contributed by atoms with Gasteiger partial charge in [-0.15, -0.1) is 0 Å². The van der Waals surface area contributed by atoms with E-state index < -0.39 is 9.84 Å². The second kappa shape index (κ2) is 4.94. The topological polar surface area (TPSA) is 59.1 Å². The lowest BCUT2D eigenvalue weighted by Crippen LogP contribution is -2.32. The second-order valence-corrected chi connectivity index (χ2v) is 7.55. The predicted octanol–water partition coefficient (Wildman–Crippen LogP) is 2.14. The summed E-state index contributed by atoms with van der Waals surface area (Å²) in [6.07, 6.45) is 3.09. The van der Waals surface area contributed by atoms with Crippen LogP contribution in [0.15, 0.2) is 16.7 Å². The van der Waals surface area contributed by atoms with Gasteiger partial charge in [0, 0.05) is 16.7 Å². The van der Waals surface area contributed by atoms with Gasteiger partial charge in [0.15, 0.2) is 0 Å². The monoisotopic (exact) mass is 318 g/mol. The van der Waals surface area contributed by atoms with E-state index in [-0.39, 0.29) is 17.5 Å². The summed E-state index contributed by atoms with van der Waals surface area (Å²) in [5.41, 5.74) is 1.12. The van der Waals surface area contributed by atoms with Crippen LogP contribution in [0.4, 0.5) is 5.82 Å². The summed E-state index contributed by atoms with van der Waals surface area (Å²) in [5.74, 6) is 1.37. The van der Waals surface area contributed by atoms with Gasteiger partial charge in [0.2, 0.25) is 0 Å². The van der Waals surface area contributed by atoms with E-state index in [0.717, 1.165) is 15.9 Å². The highest BCUT2D eigenvalue weighted by atomic mass is 79.9. The number of pyridine rings is 1. The number of rotatable bonds is 2. The zero-order valence-electron chi connectivity index (χ0n) is 9.61. The van der Waals surface area contributed by atoms with E-state index in [1.807, 2.05) is 13.0 Å². The van der Waals surface area contributed by atoms with Crippen molar-refractivity contribution in [2.45, 2.75) is 25.8 Å². The Morgan fingerprint density at radius 2 is 2.06 bits per heavy atom. The maximum absolute atomic E-state index is 11.3. The van der Waals surface area contributed by atoms with E-state index >= 15 is 0 Å². The molecule has 1 aromatic rings. The molecule has 0 atom stereocenters. The highest BCUT2D eigenvalue weighted by molar-refractivity contribution is 9.10. The van der Waals surface area contributed by atoms with Crippen LogP contribution in [0.2, 0.25) is 0 Å². The third-order valence-corrected chi connectivity index (χ3v) is 5.50. The van der Waals surface area contributed by atoms with Gasteiger partial charge < -0.3 is 5.32 Å². The number of hydrogen-bond donors (Lipinski definition) is 1. The fraction of sp³-hybridized carbons (Fsp3) is 0.545. The SMILES string of the molecule is Cc1cc(NC2CCS(=O)(=O)CC2)ncc1Br.